The summed E-state index contributed by atoms with van der Waals surface area (Å²) in [5.74, 6) is 2.38. The number of aliphatic hydroxyl groups is 1. The number of benzene rings is 1. The Morgan fingerprint density at radius 2 is 1.16 bits per heavy atom. The zero-order valence-corrected chi connectivity index (χ0v) is 29.1. The van der Waals surface area contributed by atoms with Crippen molar-refractivity contribution >= 4 is 0 Å². The van der Waals surface area contributed by atoms with Gasteiger partial charge in [-0.2, -0.15) is 5.41 Å². The third-order valence-corrected chi connectivity index (χ3v) is 7.08. The fraction of sp³-hybridized carbons (Fsp3) is 0.588. The normalized spacial score (nSPS) is 13.1. The van der Waals surface area contributed by atoms with Gasteiger partial charge in [0.15, 0.2) is 5.57 Å². The molecule has 0 spiro atoms. The maximum atomic E-state index is 9.93. The van der Waals surface area contributed by atoms with Gasteiger partial charge in [-0.05, 0) is 23.0 Å². The third kappa shape index (κ3) is 17.5. The van der Waals surface area contributed by atoms with E-state index in [1.165, 1.54) is 19.2 Å². The molecule has 0 radical (unpaired) electrons. The van der Waals surface area contributed by atoms with Crippen molar-refractivity contribution in [2.75, 3.05) is 0 Å². The molecule has 0 bridgehead atoms. The summed E-state index contributed by atoms with van der Waals surface area (Å²) < 4.78 is 3.19. The summed E-state index contributed by atoms with van der Waals surface area (Å²) in [5.41, 5.74) is 4.61. The maximum Gasteiger partial charge on any atom is 0.237 e. The summed E-state index contributed by atoms with van der Waals surface area (Å²) in [6.07, 6.45) is 6.91. The van der Waals surface area contributed by atoms with Crippen LogP contribution in [0.3, 0.4) is 0 Å². The molecule has 3 heteroatoms. The number of hydrogen-bond acceptors (Lipinski definition) is 2. The molecule has 1 aliphatic rings. The van der Waals surface area contributed by atoms with Gasteiger partial charge in [0.2, 0.25) is 5.76 Å². The van der Waals surface area contributed by atoms with Gasteiger partial charge in [-0.25, -0.2) is 0 Å². The predicted molar refractivity (Wildman–Crippen MR) is 160 cm³/mol. The largest absolute Gasteiger partial charge is 0.507 e. The number of phenols is 1. The standard InChI is InChI=1S/C12H18O.C12H16O.C5H11.C5H9.W/c2*1-8(2)10-6-5-7-11(9(3)4)12(10)13;2*1-5(2,3)4;/h5-9,13H,1-4H3;5-6,8-9H,1-4H3;1H2,2-4H3;1-3H3;/q;;-1;;+1/p+1. The molecule has 1 aliphatic carbocycles. The van der Waals surface area contributed by atoms with E-state index in [9.17, 15) is 10.2 Å². The molecule has 0 atom stereocenters. The van der Waals surface area contributed by atoms with Crippen molar-refractivity contribution in [2.24, 2.45) is 22.7 Å². The van der Waals surface area contributed by atoms with Gasteiger partial charge in [-0.1, -0.05) is 94.4 Å². The minimum Gasteiger partial charge on any atom is -0.507 e. The molecule has 37 heavy (non-hydrogen) atoms. The Labute approximate surface area is 241 Å². The first kappa shape index (κ1) is 37.6. The van der Waals surface area contributed by atoms with E-state index in [2.05, 4.69) is 114 Å². The number of phenolic OH excluding ortho intramolecular Hbond substituents is 1. The van der Waals surface area contributed by atoms with Crippen LogP contribution in [-0.2, 0) is 19.2 Å². The van der Waals surface area contributed by atoms with Crippen LogP contribution >= 0.6 is 0 Å². The Hall–Kier alpha value is -1.58. The molecule has 0 aliphatic heterocycles. The second-order valence-electron chi connectivity index (χ2n) is 13.0. The van der Waals surface area contributed by atoms with Crippen molar-refractivity contribution < 1.29 is 29.4 Å². The molecular weight excluding hydrogens is 624 g/mol. The minimum absolute atomic E-state index is 0.250. The number of para-hydroxylation sites is 1. The predicted octanol–water partition coefficient (Wildman–Crippen LogP) is 10.5. The van der Waals surface area contributed by atoms with E-state index < -0.39 is 0 Å². The van der Waals surface area contributed by atoms with Crippen LogP contribution in [0.4, 0.5) is 0 Å². The number of allylic oxidation sites excluding steroid dienone is 5. The van der Waals surface area contributed by atoms with E-state index in [-0.39, 0.29) is 5.41 Å². The molecule has 0 unspecified atom stereocenters. The van der Waals surface area contributed by atoms with E-state index in [4.69, 9.17) is 0 Å². The Balaban J connectivity index is 0. The van der Waals surface area contributed by atoms with E-state index >= 15 is 0 Å². The van der Waals surface area contributed by atoms with Crippen molar-refractivity contribution in [1.82, 2.24) is 0 Å². The average molecular weight is 680 g/mol. The van der Waals surface area contributed by atoms with Gasteiger partial charge in [0, 0.05) is 17.9 Å². The second kappa shape index (κ2) is 17.1. The number of aromatic hydroxyl groups is 1. The van der Waals surface area contributed by atoms with Crippen molar-refractivity contribution in [3.05, 3.63) is 71.4 Å². The molecule has 0 fully saturated rings. The van der Waals surface area contributed by atoms with Crippen LogP contribution < -0.4 is 0 Å². The van der Waals surface area contributed by atoms with Crippen LogP contribution in [0, 0.1) is 39.9 Å². The molecule has 0 aromatic heterocycles. The fourth-order valence-corrected chi connectivity index (χ4v) is 2.94. The number of aliphatic hydroxyl groups excluding tert-OH is 1. The summed E-state index contributed by atoms with van der Waals surface area (Å²) in [7, 11) is 0. The topological polar surface area (TPSA) is 40.5 Å². The first-order valence-corrected chi connectivity index (χ1v) is 14.9. The van der Waals surface area contributed by atoms with Gasteiger partial charge in [0.1, 0.15) is 17.4 Å². The molecule has 0 heterocycles. The Kier molecular flexibility index (Phi) is 17.4. The fourth-order valence-electron chi connectivity index (χ4n) is 2.94. The van der Waals surface area contributed by atoms with Gasteiger partial charge >= 0.3 is 49.5 Å². The Morgan fingerprint density at radius 1 is 0.784 bits per heavy atom. The molecule has 1 aromatic rings. The van der Waals surface area contributed by atoms with E-state index in [0.29, 0.717) is 40.6 Å². The molecule has 0 saturated heterocycles. The molecule has 2 nitrogen and oxygen atoms in total. The van der Waals surface area contributed by atoms with Crippen molar-refractivity contribution in [2.45, 2.75) is 109 Å². The molecular formula is C34H55O2W+. The summed E-state index contributed by atoms with van der Waals surface area (Å²) >= 11 is 1.44. The van der Waals surface area contributed by atoms with Crippen LogP contribution in [0.15, 0.2) is 47.3 Å². The molecule has 2 N–H and O–H groups in total. The number of rotatable bonds is 4. The van der Waals surface area contributed by atoms with Crippen LogP contribution in [0.25, 0.3) is 0 Å². The first-order valence-electron chi connectivity index (χ1n) is 13.4. The van der Waals surface area contributed by atoms with Gasteiger partial charge < -0.3 is 17.1 Å². The SMILES string of the molecule is CC(C)(C)[C]#[W+].CC(C)C1=[C+]C=CC(C(C)C)=C1O.CC(C)c1cccc(C(C)C)c1O.[CH2-]C(C)(C)C. The molecule has 208 valence electrons. The van der Waals surface area contributed by atoms with Gasteiger partial charge in [0.25, 0.3) is 0 Å². The molecule has 2 rings (SSSR count). The zero-order chi connectivity index (χ0) is 29.7. The second-order valence-corrected chi connectivity index (χ2v) is 13.7. The quantitative estimate of drug-likeness (QED) is 0.311. The summed E-state index contributed by atoms with van der Waals surface area (Å²) in [6.45, 7) is 33.1. The molecule has 0 saturated carbocycles. The van der Waals surface area contributed by atoms with E-state index in [1.54, 1.807) is 0 Å². The van der Waals surface area contributed by atoms with Crippen LogP contribution in [0.2, 0.25) is 0 Å². The van der Waals surface area contributed by atoms with Crippen molar-refractivity contribution in [3.63, 3.8) is 0 Å². The van der Waals surface area contributed by atoms with Crippen LogP contribution in [0.5, 0.6) is 5.75 Å². The molecule has 1 aromatic carbocycles. The van der Waals surface area contributed by atoms with Crippen LogP contribution in [0.1, 0.15) is 120 Å². The summed E-state index contributed by atoms with van der Waals surface area (Å²) in [6, 6.07) is 6.00. The van der Waals surface area contributed by atoms with Gasteiger partial charge in [-0.3, -0.25) is 0 Å². The Morgan fingerprint density at radius 3 is 1.43 bits per heavy atom. The zero-order valence-electron chi connectivity index (χ0n) is 26.2. The van der Waals surface area contributed by atoms with Crippen molar-refractivity contribution in [3.8, 4) is 9.95 Å². The number of hydrogen-bond donors (Lipinski definition) is 2. The monoisotopic (exact) mass is 679 g/mol. The molecule has 0 amide bonds. The minimum atomic E-state index is 0.250. The smallest absolute Gasteiger partial charge is 0.237 e. The third-order valence-electron chi connectivity index (χ3n) is 4.88. The first-order chi connectivity index (χ1) is 16.6. The summed E-state index contributed by atoms with van der Waals surface area (Å²) in [4.78, 5) is 0. The average Bonchev–Trinajstić information content (AvgIpc) is 2.72. The summed E-state index contributed by atoms with van der Waals surface area (Å²) in [5, 5.41) is 19.8. The maximum absolute atomic E-state index is 9.93. The van der Waals surface area contributed by atoms with E-state index in [0.717, 1.165) is 22.3 Å². The Bertz CT molecular complexity index is 905. The van der Waals surface area contributed by atoms with Gasteiger partial charge in [-0.15, -0.1) is 0 Å². The van der Waals surface area contributed by atoms with Crippen molar-refractivity contribution in [1.29, 1.82) is 0 Å². The van der Waals surface area contributed by atoms with Crippen LogP contribution in [-0.4, -0.2) is 10.2 Å². The van der Waals surface area contributed by atoms with Gasteiger partial charge in [0.05, 0.1) is 6.08 Å². The van der Waals surface area contributed by atoms with E-state index in [1.807, 2.05) is 30.4 Å².